The molecule has 0 spiro atoms. The van der Waals surface area contributed by atoms with Crippen LogP contribution in [0.25, 0.3) is 0 Å². The van der Waals surface area contributed by atoms with Gasteiger partial charge in [-0.1, -0.05) is 20.3 Å². The van der Waals surface area contributed by atoms with Crippen LogP contribution >= 0.6 is 0 Å². The molecule has 0 unspecified atom stereocenters. The minimum atomic E-state index is 0.523. The van der Waals surface area contributed by atoms with E-state index in [9.17, 15) is 0 Å². The van der Waals surface area contributed by atoms with E-state index in [1.165, 1.54) is 24.8 Å². The highest BCUT2D eigenvalue weighted by molar-refractivity contribution is 5.40. The molecule has 0 bridgehead atoms. The summed E-state index contributed by atoms with van der Waals surface area (Å²) < 4.78 is 0. The van der Waals surface area contributed by atoms with Crippen molar-refractivity contribution in [2.45, 2.75) is 45.7 Å². The number of nitrogens with one attached hydrogen (secondary N) is 1. The Morgan fingerprint density at radius 1 is 1.44 bits per heavy atom. The number of rotatable bonds is 6. The van der Waals surface area contributed by atoms with Gasteiger partial charge in [0, 0.05) is 32.4 Å². The second kappa shape index (κ2) is 6.19. The van der Waals surface area contributed by atoms with Crippen LogP contribution in [0.1, 0.15) is 38.7 Å². The summed E-state index contributed by atoms with van der Waals surface area (Å²) in [4.78, 5) is 6.77. The van der Waals surface area contributed by atoms with Gasteiger partial charge in [-0.25, -0.2) is 4.98 Å². The summed E-state index contributed by atoms with van der Waals surface area (Å²) in [6.07, 6.45) is 6.10. The lowest BCUT2D eigenvalue weighted by Gasteiger charge is -2.30. The summed E-state index contributed by atoms with van der Waals surface area (Å²) in [7, 11) is 2.15. The van der Waals surface area contributed by atoms with Crippen molar-refractivity contribution in [1.82, 2.24) is 10.3 Å². The van der Waals surface area contributed by atoms with Gasteiger partial charge in [-0.15, -0.1) is 0 Å². The molecule has 1 aromatic heterocycles. The van der Waals surface area contributed by atoms with Gasteiger partial charge in [-0.2, -0.15) is 0 Å². The molecule has 1 N–H and O–H groups in total. The van der Waals surface area contributed by atoms with Gasteiger partial charge >= 0.3 is 0 Å². The third-order valence-corrected chi connectivity index (χ3v) is 3.67. The van der Waals surface area contributed by atoms with E-state index >= 15 is 0 Å². The summed E-state index contributed by atoms with van der Waals surface area (Å²) >= 11 is 0. The van der Waals surface area contributed by atoms with E-state index < -0.39 is 0 Å². The molecule has 0 saturated heterocycles. The van der Waals surface area contributed by atoms with Gasteiger partial charge in [-0.3, -0.25) is 0 Å². The molecule has 1 aliphatic rings. The molecule has 0 radical (unpaired) electrons. The van der Waals surface area contributed by atoms with Crippen LogP contribution in [0.3, 0.4) is 0 Å². The summed E-state index contributed by atoms with van der Waals surface area (Å²) in [6, 6.07) is 4.82. The zero-order valence-corrected chi connectivity index (χ0v) is 11.8. The molecule has 0 amide bonds. The molecule has 3 heteroatoms. The van der Waals surface area contributed by atoms with E-state index in [1.54, 1.807) is 0 Å². The highest BCUT2D eigenvalue weighted by Crippen LogP contribution is 2.27. The lowest BCUT2D eigenvalue weighted by Crippen LogP contribution is -2.30. The largest absolute Gasteiger partial charge is 0.359 e. The van der Waals surface area contributed by atoms with Crippen molar-refractivity contribution in [3.05, 3.63) is 23.9 Å². The first-order chi connectivity index (χ1) is 8.65. The first-order valence-corrected chi connectivity index (χ1v) is 7.04. The fourth-order valence-corrected chi connectivity index (χ4v) is 2.26. The fourth-order valence-electron chi connectivity index (χ4n) is 2.26. The van der Waals surface area contributed by atoms with E-state index in [0.717, 1.165) is 24.8 Å². The summed E-state index contributed by atoms with van der Waals surface area (Å²) in [6.45, 7) is 6.41. The van der Waals surface area contributed by atoms with Crippen LogP contribution in [0.2, 0.25) is 0 Å². The topological polar surface area (TPSA) is 28.2 Å². The summed E-state index contributed by atoms with van der Waals surface area (Å²) in [5, 5.41) is 3.44. The van der Waals surface area contributed by atoms with Crippen molar-refractivity contribution in [3.63, 3.8) is 0 Å². The molecule has 0 aliphatic heterocycles. The molecule has 3 nitrogen and oxygen atoms in total. The van der Waals surface area contributed by atoms with Crippen molar-refractivity contribution in [2.24, 2.45) is 5.92 Å². The molecule has 1 aromatic rings. The lowest BCUT2D eigenvalue weighted by molar-refractivity contribution is 0.321. The summed E-state index contributed by atoms with van der Waals surface area (Å²) in [5.74, 6) is 1.99. The third-order valence-electron chi connectivity index (χ3n) is 3.67. The van der Waals surface area contributed by atoms with Crippen LogP contribution < -0.4 is 10.2 Å². The van der Waals surface area contributed by atoms with E-state index in [2.05, 4.69) is 48.2 Å². The first kappa shape index (κ1) is 13.3. The Bertz CT molecular complexity index is 372. The summed E-state index contributed by atoms with van der Waals surface area (Å²) in [5.41, 5.74) is 1.31. The van der Waals surface area contributed by atoms with Crippen LogP contribution in [0.5, 0.6) is 0 Å². The van der Waals surface area contributed by atoms with Crippen LogP contribution in [-0.2, 0) is 6.54 Å². The predicted octanol–water partition coefficient (Wildman–Crippen LogP) is 2.82. The van der Waals surface area contributed by atoms with Gasteiger partial charge in [0.25, 0.3) is 0 Å². The third kappa shape index (κ3) is 3.70. The SMILES string of the molecule is CC(C)NCc1ccnc(N(C)CC2CCC2)c1. The molecule has 100 valence electrons. The Morgan fingerprint density at radius 2 is 2.22 bits per heavy atom. The Balaban J connectivity index is 1.92. The monoisotopic (exact) mass is 247 g/mol. The zero-order valence-electron chi connectivity index (χ0n) is 11.8. The fraction of sp³-hybridized carbons (Fsp3) is 0.667. The average Bonchev–Trinajstić information content (AvgIpc) is 2.31. The van der Waals surface area contributed by atoms with Crippen molar-refractivity contribution in [2.75, 3.05) is 18.5 Å². The van der Waals surface area contributed by atoms with Gasteiger partial charge in [0.05, 0.1) is 0 Å². The van der Waals surface area contributed by atoms with E-state index in [1.807, 2.05) is 6.20 Å². The highest BCUT2D eigenvalue weighted by atomic mass is 15.2. The van der Waals surface area contributed by atoms with Crippen LogP contribution in [-0.4, -0.2) is 24.6 Å². The van der Waals surface area contributed by atoms with Crippen molar-refractivity contribution in [3.8, 4) is 0 Å². The Labute approximate surface area is 111 Å². The van der Waals surface area contributed by atoms with E-state index in [4.69, 9.17) is 0 Å². The van der Waals surface area contributed by atoms with Gasteiger partial charge < -0.3 is 10.2 Å². The molecule has 2 rings (SSSR count). The van der Waals surface area contributed by atoms with Gasteiger partial charge in [0.15, 0.2) is 0 Å². The molecule has 0 atom stereocenters. The second-order valence-corrected chi connectivity index (χ2v) is 5.74. The standard InChI is InChI=1S/C15H25N3/c1-12(2)17-10-14-7-8-16-15(9-14)18(3)11-13-5-4-6-13/h7-9,12-13,17H,4-6,10-11H2,1-3H3. The van der Waals surface area contributed by atoms with Crippen molar-refractivity contribution >= 4 is 5.82 Å². The molecule has 1 aliphatic carbocycles. The lowest BCUT2D eigenvalue weighted by atomic mass is 9.85. The number of aromatic nitrogens is 1. The quantitative estimate of drug-likeness (QED) is 0.838. The minimum Gasteiger partial charge on any atom is -0.359 e. The van der Waals surface area contributed by atoms with Crippen LogP contribution in [0.4, 0.5) is 5.82 Å². The van der Waals surface area contributed by atoms with E-state index in [0.29, 0.717) is 6.04 Å². The predicted molar refractivity (Wildman–Crippen MR) is 76.8 cm³/mol. The van der Waals surface area contributed by atoms with Crippen molar-refractivity contribution in [1.29, 1.82) is 0 Å². The van der Waals surface area contributed by atoms with Gasteiger partial charge in [-0.05, 0) is 36.5 Å². The molecular formula is C15H25N3. The number of pyridine rings is 1. The number of hydrogen-bond donors (Lipinski definition) is 1. The average molecular weight is 247 g/mol. The van der Waals surface area contributed by atoms with Crippen LogP contribution in [0, 0.1) is 5.92 Å². The second-order valence-electron chi connectivity index (χ2n) is 5.74. The van der Waals surface area contributed by atoms with E-state index in [-0.39, 0.29) is 0 Å². The Kier molecular flexibility index (Phi) is 4.59. The Morgan fingerprint density at radius 3 is 2.83 bits per heavy atom. The zero-order chi connectivity index (χ0) is 13.0. The maximum Gasteiger partial charge on any atom is 0.128 e. The highest BCUT2D eigenvalue weighted by Gasteiger charge is 2.19. The normalized spacial score (nSPS) is 15.8. The Hall–Kier alpha value is -1.09. The number of hydrogen-bond acceptors (Lipinski definition) is 3. The van der Waals surface area contributed by atoms with Gasteiger partial charge in [0.1, 0.15) is 5.82 Å². The molecular weight excluding hydrogens is 222 g/mol. The number of nitrogens with zero attached hydrogens (tertiary/aromatic N) is 2. The minimum absolute atomic E-state index is 0.523. The smallest absolute Gasteiger partial charge is 0.128 e. The molecule has 18 heavy (non-hydrogen) atoms. The van der Waals surface area contributed by atoms with Gasteiger partial charge in [0.2, 0.25) is 0 Å². The molecule has 1 fully saturated rings. The maximum atomic E-state index is 4.48. The number of anilines is 1. The van der Waals surface area contributed by atoms with Crippen molar-refractivity contribution < 1.29 is 0 Å². The molecule has 1 saturated carbocycles. The maximum absolute atomic E-state index is 4.48. The first-order valence-electron chi connectivity index (χ1n) is 7.04. The molecule has 1 heterocycles. The molecule has 0 aromatic carbocycles. The van der Waals surface area contributed by atoms with Crippen LogP contribution in [0.15, 0.2) is 18.3 Å².